The fourth-order valence-electron chi connectivity index (χ4n) is 2.70. The lowest BCUT2D eigenvalue weighted by atomic mass is 9.86. The number of hydrogen-bond acceptors (Lipinski definition) is 2. The van der Waals surface area contributed by atoms with Crippen molar-refractivity contribution in [3.63, 3.8) is 0 Å². The van der Waals surface area contributed by atoms with E-state index in [0.717, 1.165) is 16.7 Å². The minimum atomic E-state index is -0.909. The number of fused-ring (bicyclic) bond motifs is 1. The van der Waals surface area contributed by atoms with Crippen molar-refractivity contribution < 1.29 is 14.3 Å². The molecule has 0 amide bonds. The summed E-state index contributed by atoms with van der Waals surface area (Å²) >= 11 is 0. The van der Waals surface area contributed by atoms with Crippen LogP contribution in [-0.2, 0) is 5.60 Å². The van der Waals surface area contributed by atoms with Crippen molar-refractivity contribution >= 4 is 17.4 Å². The Balaban J connectivity index is 2.03. The van der Waals surface area contributed by atoms with Crippen LogP contribution in [0.3, 0.4) is 0 Å². The first-order chi connectivity index (χ1) is 10.4. The number of hydrogen-bond donors (Lipinski definition) is 1. The standard InChI is InChI=1S/C19H17FO2/c1-19(2,22)14-8-6-12(7-9-14)13-10-16-15(18(21)11-13)4-3-5-17(16)20/h3-10,22H,11H2,1-2H3. The molecule has 1 aliphatic rings. The Bertz CT molecular complexity index is 765. The van der Waals surface area contributed by atoms with E-state index in [0.29, 0.717) is 11.1 Å². The number of Topliss-reactive ketones (excluding diaryl/α,β-unsaturated/α-hetero) is 1. The highest BCUT2D eigenvalue weighted by molar-refractivity contribution is 6.11. The van der Waals surface area contributed by atoms with Crippen LogP contribution in [0, 0.1) is 5.82 Å². The van der Waals surface area contributed by atoms with Crippen molar-refractivity contribution in [3.05, 3.63) is 70.5 Å². The van der Waals surface area contributed by atoms with E-state index in [1.54, 1.807) is 32.1 Å². The quantitative estimate of drug-likeness (QED) is 0.902. The van der Waals surface area contributed by atoms with Crippen molar-refractivity contribution in [1.29, 1.82) is 0 Å². The molecule has 0 heterocycles. The molecule has 22 heavy (non-hydrogen) atoms. The number of allylic oxidation sites excluding steroid dienone is 1. The average molecular weight is 296 g/mol. The van der Waals surface area contributed by atoms with E-state index in [2.05, 4.69) is 0 Å². The van der Waals surface area contributed by atoms with Gasteiger partial charge in [0.05, 0.1) is 5.60 Å². The molecule has 0 radical (unpaired) electrons. The van der Waals surface area contributed by atoms with Crippen LogP contribution in [0.5, 0.6) is 0 Å². The Morgan fingerprint density at radius 1 is 1.09 bits per heavy atom. The topological polar surface area (TPSA) is 37.3 Å². The van der Waals surface area contributed by atoms with Crippen molar-refractivity contribution in [2.75, 3.05) is 0 Å². The summed E-state index contributed by atoms with van der Waals surface area (Å²) < 4.78 is 13.9. The van der Waals surface area contributed by atoms with Gasteiger partial charge in [-0.05, 0) is 42.7 Å². The summed E-state index contributed by atoms with van der Waals surface area (Å²) in [4.78, 5) is 12.2. The van der Waals surface area contributed by atoms with Crippen LogP contribution in [0.25, 0.3) is 11.6 Å². The van der Waals surface area contributed by atoms with Crippen LogP contribution in [0.1, 0.15) is 47.3 Å². The predicted molar refractivity (Wildman–Crippen MR) is 84.9 cm³/mol. The maximum atomic E-state index is 13.9. The van der Waals surface area contributed by atoms with Crippen LogP contribution in [0.15, 0.2) is 42.5 Å². The van der Waals surface area contributed by atoms with Crippen LogP contribution in [0.4, 0.5) is 4.39 Å². The summed E-state index contributed by atoms with van der Waals surface area (Å²) in [6.07, 6.45) is 2.00. The minimum absolute atomic E-state index is 0.0708. The first-order valence-electron chi connectivity index (χ1n) is 7.22. The maximum Gasteiger partial charge on any atom is 0.167 e. The van der Waals surface area contributed by atoms with E-state index in [4.69, 9.17) is 0 Å². The Labute approximate surface area is 128 Å². The second-order valence-electron chi connectivity index (χ2n) is 6.11. The second-order valence-corrected chi connectivity index (χ2v) is 6.11. The summed E-state index contributed by atoms with van der Waals surface area (Å²) in [5, 5.41) is 9.98. The molecule has 0 aliphatic heterocycles. The number of carbonyl (C=O) groups excluding carboxylic acids is 1. The number of aliphatic hydroxyl groups is 1. The lowest BCUT2D eigenvalue weighted by Gasteiger charge is -2.20. The van der Waals surface area contributed by atoms with Gasteiger partial charge in [-0.3, -0.25) is 4.79 Å². The Kier molecular flexibility index (Phi) is 3.45. The molecule has 2 aromatic carbocycles. The molecule has 1 aliphatic carbocycles. The summed E-state index contributed by atoms with van der Waals surface area (Å²) in [5.74, 6) is -0.449. The van der Waals surface area contributed by atoms with Crippen LogP contribution < -0.4 is 0 Å². The Hall–Kier alpha value is -2.26. The number of halogens is 1. The van der Waals surface area contributed by atoms with E-state index in [1.165, 1.54) is 6.07 Å². The first-order valence-corrected chi connectivity index (χ1v) is 7.22. The van der Waals surface area contributed by atoms with Crippen LogP contribution in [0.2, 0.25) is 0 Å². The van der Waals surface area contributed by atoms with Gasteiger partial charge in [0.25, 0.3) is 0 Å². The Morgan fingerprint density at radius 2 is 1.77 bits per heavy atom. The third kappa shape index (κ3) is 2.60. The fraction of sp³-hybridized carbons (Fsp3) is 0.211. The molecular weight excluding hydrogens is 279 g/mol. The molecule has 0 bridgehead atoms. The highest BCUT2D eigenvalue weighted by atomic mass is 19.1. The normalized spacial score (nSPS) is 14.5. The average Bonchev–Trinajstić information content (AvgIpc) is 2.47. The van der Waals surface area contributed by atoms with E-state index in [-0.39, 0.29) is 18.0 Å². The number of benzene rings is 2. The monoisotopic (exact) mass is 296 g/mol. The van der Waals surface area contributed by atoms with Crippen LogP contribution in [-0.4, -0.2) is 10.9 Å². The molecule has 0 saturated carbocycles. The molecule has 0 fully saturated rings. The zero-order chi connectivity index (χ0) is 15.9. The molecule has 0 unspecified atom stereocenters. The van der Waals surface area contributed by atoms with Gasteiger partial charge in [0.15, 0.2) is 5.78 Å². The second kappa shape index (κ2) is 5.18. The van der Waals surface area contributed by atoms with Crippen molar-refractivity contribution in [3.8, 4) is 0 Å². The van der Waals surface area contributed by atoms with Gasteiger partial charge in [0.1, 0.15) is 5.82 Å². The van der Waals surface area contributed by atoms with Gasteiger partial charge in [-0.2, -0.15) is 0 Å². The third-order valence-electron chi connectivity index (χ3n) is 3.99. The number of carbonyl (C=O) groups is 1. The largest absolute Gasteiger partial charge is 0.386 e. The molecule has 0 atom stereocenters. The molecule has 0 aromatic heterocycles. The Morgan fingerprint density at radius 3 is 2.41 bits per heavy atom. The van der Waals surface area contributed by atoms with Crippen molar-refractivity contribution in [2.45, 2.75) is 25.9 Å². The molecule has 3 heteroatoms. The predicted octanol–water partition coefficient (Wildman–Crippen LogP) is 4.18. The molecule has 2 nitrogen and oxygen atoms in total. The summed E-state index contributed by atoms with van der Waals surface area (Å²) in [7, 11) is 0. The number of ketones is 1. The lowest BCUT2D eigenvalue weighted by molar-refractivity contribution is 0.0786. The van der Waals surface area contributed by atoms with Crippen molar-refractivity contribution in [1.82, 2.24) is 0 Å². The molecular formula is C19H17FO2. The highest BCUT2D eigenvalue weighted by Gasteiger charge is 2.22. The van der Waals surface area contributed by atoms with E-state index in [9.17, 15) is 14.3 Å². The molecule has 0 spiro atoms. The number of rotatable bonds is 2. The first kappa shape index (κ1) is 14.7. The highest BCUT2D eigenvalue weighted by Crippen LogP contribution is 2.32. The minimum Gasteiger partial charge on any atom is -0.386 e. The molecule has 3 rings (SSSR count). The SMILES string of the molecule is CC(C)(O)c1ccc(C2=Cc3c(F)cccc3C(=O)C2)cc1. The van der Waals surface area contributed by atoms with E-state index >= 15 is 0 Å². The van der Waals surface area contributed by atoms with E-state index in [1.807, 2.05) is 24.3 Å². The lowest BCUT2D eigenvalue weighted by Crippen LogP contribution is -2.15. The van der Waals surface area contributed by atoms with E-state index < -0.39 is 5.60 Å². The summed E-state index contributed by atoms with van der Waals surface area (Å²) in [6, 6.07) is 12.0. The third-order valence-corrected chi connectivity index (χ3v) is 3.99. The van der Waals surface area contributed by atoms with Crippen molar-refractivity contribution in [2.24, 2.45) is 0 Å². The molecule has 1 N–H and O–H groups in total. The van der Waals surface area contributed by atoms with Gasteiger partial charge in [-0.25, -0.2) is 4.39 Å². The smallest absolute Gasteiger partial charge is 0.167 e. The molecule has 2 aromatic rings. The molecule has 0 saturated heterocycles. The van der Waals surface area contributed by atoms with Gasteiger partial charge in [0, 0.05) is 17.5 Å². The maximum absolute atomic E-state index is 13.9. The summed E-state index contributed by atoms with van der Waals surface area (Å²) in [5.41, 5.74) is 2.36. The van der Waals surface area contributed by atoms with Gasteiger partial charge in [0.2, 0.25) is 0 Å². The van der Waals surface area contributed by atoms with Gasteiger partial charge >= 0.3 is 0 Å². The van der Waals surface area contributed by atoms with Gasteiger partial charge < -0.3 is 5.11 Å². The summed E-state index contributed by atoms with van der Waals surface area (Å²) in [6.45, 7) is 3.44. The zero-order valence-electron chi connectivity index (χ0n) is 12.6. The fourth-order valence-corrected chi connectivity index (χ4v) is 2.70. The van der Waals surface area contributed by atoms with Gasteiger partial charge in [-0.1, -0.05) is 36.4 Å². The van der Waals surface area contributed by atoms with Gasteiger partial charge in [-0.15, -0.1) is 0 Å². The zero-order valence-corrected chi connectivity index (χ0v) is 12.6. The molecule has 112 valence electrons. The van der Waals surface area contributed by atoms with Crippen LogP contribution >= 0.6 is 0 Å².